The van der Waals surface area contributed by atoms with Crippen LogP contribution in [0.25, 0.3) is 11.4 Å². The molecule has 1 fully saturated rings. The fourth-order valence-electron chi connectivity index (χ4n) is 3.87. The van der Waals surface area contributed by atoms with Gasteiger partial charge in [-0.05, 0) is 42.7 Å². The van der Waals surface area contributed by atoms with E-state index >= 15 is 0 Å². The summed E-state index contributed by atoms with van der Waals surface area (Å²) in [6.45, 7) is 1.52. The first-order chi connectivity index (χ1) is 16.2. The first-order valence-electron chi connectivity index (χ1n) is 10.7. The van der Waals surface area contributed by atoms with E-state index in [0.29, 0.717) is 49.4 Å². The summed E-state index contributed by atoms with van der Waals surface area (Å²) >= 11 is 0. The third-order valence-electron chi connectivity index (χ3n) is 5.66. The van der Waals surface area contributed by atoms with Crippen molar-refractivity contribution < 1.29 is 26.7 Å². The molecule has 1 aliphatic heterocycles. The van der Waals surface area contributed by atoms with Crippen LogP contribution < -0.4 is 5.32 Å². The Balaban J connectivity index is 1.28. The lowest BCUT2D eigenvalue weighted by Crippen LogP contribution is -2.44. The number of nitrogens with one attached hydrogen (secondary N) is 1. The van der Waals surface area contributed by atoms with Crippen LogP contribution >= 0.6 is 0 Å². The molecule has 3 aromatic rings. The largest absolute Gasteiger partial charge is 0.419 e. The van der Waals surface area contributed by atoms with Crippen molar-refractivity contribution in [2.45, 2.75) is 31.6 Å². The van der Waals surface area contributed by atoms with E-state index in [1.165, 1.54) is 30.6 Å². The zero-order valence-electron chi connectivity index (χ0n) is 17.9. The lowest BCUT2D eigenvalue weighted by atomic mass is 10.0. The Morgan fingerprint density at radius 1 is 1.03 bits per heavy atom. The van der Waals surface area contributed by atoms with Gasteiger partial charge in [-0.3, -0.25) is 9.69 Å². The molecule has 4 rings (SSSR count). The summed E-state index contributed by atoms with van der Waals surface area (Å²) in [5, 5.41) is 2.93. The number of likely N-dealkylation sites (tertiary alicyclic amines) is 1. The molecule has 2 aromatic carbocycles. The second kappa shape index (κ2) is 9.84. The molecular formula is C24H21F5N4O. The highest BCUT2D eigenvalue weighted by Gasteiger charge is 2.34. The van der Waals surface area contributed by atoms with Gasteiger partial charge in [-0.2, -0.15) is 13.2 Å². The van der Waals surface area contributed by atoms with Crippen molar-refractivity contribution in [3.8, 4) is 11.4 Å². The monoisotopic (exact) mass is 476 g/mol. The highest BCUT2D eigenvalue weighted by molar-refractivity contribution is 5.93. The topological polar surface area (TPSA) is 58.1 Å². The minimum Gasteiger partial charge on any atom is -0.349 e. The number of piperidine rings is 1. The highest BCUT2D eigenvalue weighted by Crippen LogP contribution is 2.31. The Morgan fingerprint density at radius 2 is 1.74 bits per heavy atom. The van der Waals surface area contributed by atoms with Crippen LogP contribution in [0.4, 0.5) is 22.0 Å². The van der Waals surface area contributed by atoms with Crippen molar-refractivity contribution in [3.05, 3.63) is 83.2 Å². The SMILES string of the molecule is O=C(NC1CCN(Cc2ccc(C(F)(F)F)c(F)c2)CC1)c1cnc(-c2cccc(F)c2)nc1. The lowest BCUT2D eigenvalue weighted by molar-refractivity contribution is -0.140. The summed E-state index contributed by atoms with van der Waals surface area (Å²) in [7, 11) is 0. The van der Waals surface area contributed by atoms with E-state index in [1.807, 2.05) is 4.90 Å². The normalized spacial score (nSPS) is 15.3. The molecule has 1 saturated heterocycles. The molecule has 2 heterocycles. The molecule has 1 aliphatic rings. The summed E-state index contributed by atoms with van der Waals surface area (Å²) in [5.41, 5.74) is -0.0239. The van der Waals surface area contributed by atoms with Crippen LogP contribution in [0.1, 0.15) is 34.3 Å². The highest BCUT2D eigenvalue weighted by atomic mass is 19.4. The van der Waals surface area contributed by atoms with Gasteiger partial charge in [0, 0.05) is 43.6 Å². The maximum absolute atomic E-state index is 13.8. The van der Waals surface area contributed by atoms with Crippen molar-refractivity contribution in [2.75, 3.05) is 13.1 Å². The molecule has 0 aliphatic carbocycles. The zero-order valence-corrected chi connectivity index (χ0v) is 17.9. The number of hydrogen-bond acceptors (Lipinski definition) is 4. The molecule has 34 heavy (non-hydrogen) atoms. The predicted molar refractivity (Wildman–Crippen MR) is 115 cm³/mol. The van der Waals surface area contributed by atoms with Crippen molar-refractivity contribution >= 4 is 5.91 Å². The number of alkyl halides is 3. The lowest BCUT2D eigenvalue weighted by Gasteiger charge is -2.32. The molecule has 0 radical (unpaired) electrons. The van der Waals surface area contributed by atoms with Gasteiger partial charge < -0.3 is 5.32 Å². The third-order valence-corrected chi connectivity index (χ3v) is 5.66. The molecule has 1 amide bonds. The summed E-state index contributed by atoms with van der Waals surface area (Å²) in [5.74, 6) is -1.70. The molecule has 5 nitrogen and oxygen atoms in total. The first kappa shape index (κ1) is 23.7. The fourth-order valence-corrected chi connectivity index (χ4v) is 3.87. The van der Waals surface area contributed by atoms with E-state index in [4.69, 9.17) is 0 Å². The number of halogens is 5. The molecular weight excluding hydrogens is 455 g/mol. The van der Waals surface area contributed by atoms with E-state index < -0.39 is 23.4 Å². The van der Waals surface area contributed by atoms with Gasteiger partial charge in [0.15, 0.2) is 5.82 Å². The molecule has 0 spiro atoms. The molecule has 0 atom stereocenters. The number of benzene rings is 2. The van der Waals surface area contributed by atoms with Gasteiger partial charge in [-0.1, -0.05) is 18.2 Å². The quantitative estimate of drug-likeness (QED) is 0.536. The van der Waals surface area contributed by atoms with Crippen molar-refractivity contribution in [2.24, 2.45) is 0 Å². The Labute approximate surface area is 192 Å². The van der Waals surface area contributed by atoms with E-state index in [1.54, 1.807) is 12.1 Å². The molecule has 1 aromatic heterocycles. The Bertz CT molecular complexity index is 1160. The van der Waals surface area contributed by atoms with Crippen LogP contribution in [-0.4, -0.2) is 39.9 Å². The van der Waals surface area contributed by atoms with Gasteiger partial charge in [0.05, 0.1) is 11.1 Å². The van der Waals surface area contributed by atoms with Crippen LogP contribution in [0.3, 0.4) is 0 Å². The van der Waals surface area contributed by atoms with Crippen molar-refractivity contribution in [1.82, 2.24) is 20.2 Å². The second-order valence-electron chi connectivity index (χ2n) is 8.14. The summed E-state index contributed by atoms with van der Waals surface area (Å²) in [6.07, 6.45) is -0.675. The average Bonchev–Trinajstić information content (AvgIpc) is 2.80. The fraction of sp³-hybridized carbons (Fsp3) is 0.292. The van der Waals surface area contributed by atoms with Gasteiger partial charge in [0.2, 0.25) is 0 Å². The van der Waals surface area contributed by atoms with Crippen LogP contribution in [0, 0.1) is 11.6 Å². The van der Waals surface area contributed by atoms with Crippen molar-refractivity contribution in [1.29, 1.82) is 0 Å². The van der Waals surface area contributed by atoms with Gasteiger partial charge >= 0.3 is 6.18 Å². The number of carbonyl (C=O) groups is 1. The number of rotatable bonds is 5. The molecule has 10 heteroatoms. The predicted octanol–water partition coefficient (Wildman–Crippen LogP) is 4.84. The summed E-state index contributed by atoms with van der Waals surface area (Å²) < 4.78 is 65.3. The Hall–Kier alpha value is -3.40. The molecule has 0 unspecified atom stereocenters. The average molecular weight is 476 g/mol. The summed E-state index contributed by atoms with van der Waals surface area (Å²) in [6, 6.07) is 8.73. The summed E-state index contributed by atoms with van der Waals surface area (Å²) in [4.78, 5) is 22.8. The number of carbonyl (C=O) groups excluding carboxylic acids is 1. The van der Waals surface area contributed by atoms with Gasteiger partial charge in [-0.15, -0.1) is 0 Å². The van der Waals surface area contributed by atoms with Gasteiger partial charge in [0.1, 0.15) is 11.6 Å². The first-order valence-corrected chi connectivity index (χ1v) is 10.7. The maximum atomic E-state index is 13.8. The second-order valence-corrected chi connectivity index (χ2v) is 8.14. The maximum Gasteiger partial charge on any atom is 0.419 e. The molecule has 0 saturated carbocycles. The van der Waals surface area contributed by atoms with Crippen LogP contribution in [0.5, 0.6) is 0 Å². The number of amides is 1. The Kier molecular flexibility index (Phi) is 6.87. The number of hydrogen-bond donors (Lipinski definition) is 1. The third kappa shape index (κ3) is 5.74. The number of nitrogens with zero attached hydrogens (tertiary/aromatic N) is 3. The van der Waals surface area contributed by atoms with Crippen LogP contribution in [-0.2, 0) is 12.7 Å². The van der Waals surface area contributed by atoms with E-state index in [9.17, 15) is 26.7 Å². The van der Waals surface area contributed by atoms with Crippen molar-refractivity contribution in [3.63, 3.8) is 0 Å². The molecule has 178 valence electrons. The number of aromatic nitrogens is 2. The van der Waals surface area contributed by atoms with Gasteiger partial charge in [-0.25, -0.2) is 18.7 Å². The minimum atomic E-state index is -4.72. The van der Waals surface area contributed by atoms with Gasteiger partial charge in [0.25, 0.3) is 5.91 Å². The van der Waals surface area contributed by atoms with E-state index in [0.717, 1.165) is 12.1 Å². The standard InChI is InChI=1S/C24H21F5N4O/c25-18-3-1-2-16(11-18)22-30-12-17(13-31-22)23(34)32-19-6-8-33(9-7-19)14-15-4-5-20(21(26)10-15)24(27,28)29/h1-5,10-13,19H,6-9,14H2,(H,32,34). The zero-order chi connectivity index (χ0) is 24.3. The van der Waals surface area contributed by atoms with E-state index in [-0.39, 0.29) is 17.5 Å². The van der Waals surface area contributed by atoms with Crippen LogP contribution in [0.2, 0.25) is 0 Å². The minimum absolute atomic E-state index is 0.0870. The smallest absolute Gasteiger partial charge is 0.349 e. The molecule has 1 N–H and O–H groups in total. The molecule has 0 bridgehead atoms. The Morgan fingerprint density at radius 3 is 2.35 bits per heavy atom. The van der Waals surface area contributed by atoms with E-state index in [2.05, 4.69) is 15.3 Å². The van der Waals surface area contributed by atoms with Crippen LogP contribution in [0.15, 0.2) is 54.9 Å².